The van der Waals surface area contributed by atoms with E-state index in [4.69, 9.17) is 14.7 Å². The van der Waals surface area contributed by atoms with E-state index >= 15 is 0 Å². The summed E-state index contributed by atoms with van der Waals surface area (Å²) in [6.45, 7) is 4.24. The second-order valence-corrected chi connectivity index (χ2v) is 4.42. The molecule has 0 aliphatic carbocycles. The zero-order valence-electron chi connectivity index (χ0n) is 11.3. The molecule has 100 valence electrons. The average Bonchev–Trinajstić information content (AvgIpc) is 2.42. The van der Waals surface area contributed by atoms with Crippen LogP contribution in [-0.4, -0.2) is 19.7 Å². The third-order valence-electron chi connectivity index (χ3n) is 2.34. The third-order valence-corrected chi connectivity index (χ3v) is 2.34. The maximum Gasteiger partial charge on any atom is 0.332 e. The van der Waals surface area contributed by atoms with Crippen molar-refractivity contribution < 1.29 is 14.3 Å². The molecule has 1 aromatic rings. The molecule has 0 aliphatic rings. The van der Waals surface area contributed by atoms with Gasteiger partial charge in [-0.1, -0.05) is 13.8 Å². The highest BCUT2D eigenvalue weighted by molar-refractivity contribution is 5.95. The summed E-state index contributed by atoms with van der Waals surface area (Å²) in [6, 6.07) is 8.92. The number of ether oxygens (including phenoxy) is 2. The van der Waals surface area contributed by atoms with E-state index in [1.165, 1.54) is 6.08 Å². The third kappa shape index (κ3) is 4.84. The van der Waals surface area contributed by atoms with E-state index in [0.29, 0.717) is 17.9 Å². The van der Waals surface area contributed by atoms with Crippen molar-refractivity contribution >= 4 is 11.5 Å². The summed E-state index contributed by atoms with van der Waals surface area (Å²) in [5, 5.41) is 9.07. The number of carbonyl (C=O) groups is 1. The van der Waals surface area contributed by atoms with E-state index in [1.54, 1.807) is 31.4 Å². The topological polar surface area (TPSA) is 59.3 Å². The van der Waals surface area contributed by atoms with Gasteiger partial charge < -0.3 is 9.47 Å². The molecule has 19 heavy (non-hydrogen) atoms. The highest BCUT2D eigenvalue weighted by Gasteiger charge is 2.06. The molecule has 0 saturated heterocycles. The predicted octanol–water partition coefficient (Wildman–Crippen LogP) is 2.80. The molecular formula is C15H17NO3. The Hall–Kier alpha value is -2.28. The molecule has 0 spiro atoms. The maximum absolute atomic E-state index is 11.5. The number of rotatable bonds is 5. The van der Waals surface area contributed by atoms with Crippen LogP contribution in [0.4, 0.5) is 0 Å². The zero-order chi connectivity index (χ0) is 14.3. The van der Waals surface area contributed by atoms with Gasteiger partial charge in [-0.25, -0.2) is 4.79 Å². The number of esters is 1. The quantitative estimate of drug-likeness (QED) is 0.463. The Labute approximate surface area is 113 Å². The molecule has 0 fully saturated rings. The van der Waals surface area contributed by atoms with Crippen LogP contribution >= 0.6 is 0 Å². The van der Waals surface area contributed by atoms with Crippen LogP contribution in [0.15, 0.2) is 30.3 Å². The minimum absolute atomic E-state index is 0.267. The molecule has 0 aromatic heterocycles. The normalized spacial score (nSPS) is 11.0. The standard InChI is InChI=1S/C15H17NO3/c1-11(2)10-19-15(17)8-13(9-16)12-4-6-14(18-3)7-5-12/h4-8,11H,10H2,1-3H3. The van der Waals surface area contributed by atoms with Crippen molar-refractivity contribution in [3.05, 3.63) is 35.9 Å². The van der Waals surface area contributed by atoms with Crippen LogP contribution in [0, 0.1) is 17.2 Å². The maximum atomic E-state index is 11.5. The van der Waals surface area contributed by atoms with Gasteiger partial charge in [-0.2, -0.15) is 5.26 Å². The van der Waals surface area contributed by atoms with Crippen LogP contribution in [0.25, 0.3) is 5.57 Å². The lowest BCUT2D eigenvalue weighted by Gasteiger charge is -2.05. The molecule has 0 radical (unpaired) electrons. The van der Waals surface area contributed by atoms with Crippen molar-refractivity contribution in [2.45, 2.75) is 13.8 Å². The molecule has 0 saturated carbocycles. The average molecular weight is 259 g/mol. The molecule has 4 nitrogen and oxygen atoms in total. The number of nitrogens with zero attached hydrogens (tertiary/aromatic N) is 1. The Morgan fingerprint density at radius 3 is 2.47 bits per heavy atom. The summed E-state index contributed by atoms with van der Waals surface area (Å²) in [5.41, 5.74) is 0.932. The number of nitriles is 1. The van der Waals surface area contributed by atoms with Crippen molar-refractivity contribution in [3.63, 3.8) is 0 Å². The van der Waals surface area contributed by atoms with Crippen LogP contribution in [0.5, 0.6) is 5.75 Å². The number of benzene rings is 1. The largest absolute Gasteiger partial charge is 0.497 e. The minimum Gasteiger partial charge on any atom is -0.497 e. The Morgan fingerprint density at radius 1 is 1.37 bits per heavy atom. The van der Waals surface area contributed by atoms with E-state index in [-0.39, 0.29) is 11.5 Å². The molecule has 0 heterocycles. The molecule has 1 aromatic carbocycles. The van der Waals surface area contributed by atoms with E-state index < -0.39 is 5.97 Å². The first kappa shape index (κ1) is 14.8. The van der Waals surface area contributed by atoms with Gasteiger partial charge in [0.15, 0.2) is 0 Å². The molecule has 0 unspecified atom stereocenters. The van der Waals surface area contributed by atoms with Crippen LogP contribution in [0.2, 0.25) is 0 Å². The Bertz CT molecular complexity index is 495. The first-order chi connectivity index (χ1) is 9.06. The molecule has 4 heteroatoms. The monoisotopic (exact) mass is 259 g/mol. The fourth-order valence-corrected chi connectivity index (χ4v) is 1.36. The fraction of sp³-hybridized carbons (Fsp3) is 0.333. The Kier molecular flexibility index (Phi) is 5.62. The van der Waals surface area contributed by atoms with Gasteiger partial charge in [-0.3, -0.25) is 0 Å². The van der Waals surface area contributed by atoms with Crippen molar-refractivity contribution in [3.8, 4) is 11.8 Å². The number of methoxy groups -OCH3 is 1. The summed E-state index contributed by atoms with van der Waals surface area (Å²) < 4.78 is 10.0. The minimum atomic E-state index is -0.499. The molecule has 1 rings (SSSR count). The highest BCUT2D eigenvalue weighted by atomic mass is 16.5. The lowest BCUT2D eigenvalue weighted by atomic mass is 10.1. The van der Waals surface area contributed by atoms with Gasteiger partial charge in [0.1, 0.15) is 11.8 Å². The van der Waals surface area contributed by atoms with Crippen LogP contribution in [0.3, 0.4) is 0 Å². The van der Waals surface area contributed by atoms with Gasteiger partial charge >= 0.3 is 5.97 Å². The highest BCUT2D eigenvalue weighted by Crippen LogP contribution is 2.18. The summed E-state index contributed by atoms with van der Waals surface area (Å²) in [4.78, 5) is 11.5. The summed E-state index contributed by atoms with van der Waals surface area (Å²) in [7, 11) is 1.57. The van der Waals surface area contributed by atoms with Gasteiger partial charge in [0.25, 0.3) is 0 Å². The van der Waals surface area contributed by atoms with E-state index in [2.05, 4.69) is 0 Å². The van der Waals surface area contributed by atoms with E-state index in [9.17, 15) is 4.79 Å². The molecule has 0 amide bonds. The number of allylic oxidation sites excluding steroid dienone is 1. The van der Waals surface area contributed by atoms with E-state index in [0.717, 1.165) is 0 Å². The molecule has 0 N–H and O–H groups in total. The van der Waals surface area contributed by atoms with Crippen molar-refractivity contribution in [2.75, 3.05) is 13.7 Å². The molecule has 0 atom stereocenters. The number of hydrogen-bond donors (Lipinski definition) is 0. The van der Waals surface area contributed by atoms with Gasteiger partial charge in [0.2, 0.25) is 0 Å². The Morgan fingerprint density at radius 2 is 2.00 bits per heavy atom. The SMILES string of the molecule is COc1ccc(C(C#N)=CC(=O)OCC(C)C)cc1. The van der Waals surface area contributed by atoms with Crippen molar-refractivity contribution in [1.29, 1.82) is 5.26 Å². The summed E-state index contributed by atoms with van der Waals surface area (Å²) in [6.07, 6.45) is 1.21. The second-order valence-electron chi connectivity index (χ2n) is 4.42. The number of hydrogen-bond acceptors (Lipinski definition) is 4. The van der Waals surface area contributed by atoms with Crippen LogP contribution in [0.1, 0.15) is 19.4 Å². The van der Waals surface area contributed by atoms with Crippen molar-refractivity contribution in [1.82, 2.24) is 0 Å². The summed E-state index contributed by atoms with van der Waals surface area (Å²) in [5.74, 6) is 0.466. The van der Waals surface area contributed by atoms with Gasteiger partial charge in [-0.15, -0.1) is 0 Å². The lowest BCUT2D eigenvalue weighted by molar-refractivity contribution is -0.138. The predicted molar refractivity (Wildman–Crippen MR) is 72.4 cm³/mol. The molecular weight excluding hydrogens is 242 g/mol. The first-order valence-corrected chi connectivity index (χ1v) is 5.99. The van der Waals surface area contributed by atoms with Gasteiger partial charge in [0.05, 0.1) is 19.3 Å². The van der Waals surface area contributed by atoms with Crippen LogP contribution in [-0.2, 0) is 9.53 Å². The zero-order valence-corrected chi connectivity index (χ0v) is 11.3. The summed E-state index contributed by atoms with van der Waals surface area (Å²) >= 11 is 0. The fourth-order valence-electron chi connectivity index (χ4n) is 1.36. The second kappa shape index (κ2) is 7.22. The molecule has 0 bridgehead atoms. The Balaban J connectivity index is 2.81. The lowest BCUT2D eigenvalue weighted by Crippen LogP contribution is -2.07. The smallest absolute Gasteiger partial charge is 0.332 e. The van der Waals surface area contributed by atoms with Crippen LogP contribution < -0.4 is 4.74 Å². The van der Waals surface area contributed by atoms with Gasteiger partial charge in [0, 0.05) is 6.08 Å². The first-order valence-electron chi connectivity index (χ1n) is 5.99. The number of carbonyl (C=O) groups excluding carboxylic acids is 1. The van der Waals surface area contributed by atoms with E-state index in [1.807, 2.05) is 19.9 Å². The molecule has 0 aliphatic heterocycles. The van der Waals surface area contributed by atoms with Gasteiger partial charge in [-0.05, 0) is 35.7 Å². The van der Waals surface area contributed by atoms with Crippen molar-refractivity contribution in [2.24, 2.45) is 5.92 Å².